The van der Waals surface area contributed by atoms with Gasteiger partial charge in [0.15, 0.2) is 0 Å². The molecular weight excluding hydrogens is 611 g/mol. The summed E-state index contributed by atoms with van der Waals surface area (Å²) in [5, 5.41) is 26.1. The summed E-state index contributed by atoms with van der Waals surface area (Å²) in [5.41, 5.74) is 3.69. The maximum absolute atomic E-state index is 13.2. The Morgan fingerprint density at radius 2 is 1.80 bits per heavy atom. The summed E-state index contributed by atoms with van der Waals surface area (Å²) in [6.45, 7) is 2.33. The van der Waals surface area contributed by atoms with Crippen molar-refractivity contribution in [3.63, 3.8) is 0 Å². The quantitative estimate of drug-likeness (QED) is 0.260. The van der Waals surface area contributed by atoms with E-state index in [9.17, 15) is 36.6 Å². The number of nitrogens with one attached hydrogen (secondary N) is 1. The molecule has 1 unspecified atom stereocenters. The van der Waals surface area contributed by atoms with Gasteiger partial charge in [0, 0.05) is 60.0 Å². The zero-order valence-electron chi connectivity index (χ0n) is 24.6. The average molecular weight is 646 g/mol. The van der Waals surface area contributed by atoms with Gasteiger partial charge in [0.1, 0.15) is 0 Å². The number of alkyl halides is 3. The van der Waals surface area contributed by atoms with Crippen LogP contribution in [0, 0.1) is 0 Å². The van der Waals surface area contributed by atoms with Gasteiger partial charge >= 0.3 is 12.1 Å². The number of carbonyl (C=O) groups is 1. The first kappa shape index (κ1) is 31.3. The minimum atomic E-state index is -4.48. The number of fused-ring (bicyclic) bond motifs is 2. The third-order valence-electron chi connectivity index (χ3n) is 8.89. The number of sulfonamides is 1. The van der Waals surface area contributed by atoms with Gasteiger partial charge in [-0.15, -0.1) is 0 Å². The first-order valence-corrected chi connectivity index (χ1v) is 16.6. The Morgan fingerprint density at radius 1 is 1.09 bits per heavy atom. The van der Waals surface area contributed by atoms with E-state index >= 15 is 0 Å². The molecule has 6 rings (SSSR count). The molecule has 2 aromatic carbocycles. The number of carboxylic acids is 1. The van der Waals surface area contributed by atoms with Gasteiger partial charge in [-0.1, -0.05) is 12.1 Å². The Bertz CT molecular complexity index is 1830. The lowest BCUT2D eigenvalue weighted by molar-refractivity contribution is -0.137. The van der Waals surface area contributed by atoms with Crippen molar-refractivity contribution in [2.45, 2.75) is 50.6 Å². The number of aromatic amines is 1. The highest BCUT2D eigenvalue weighted by molar-refractivity contribution is 7.88. The van der Waals surface area contributed by atoms with Crippen molar-refractivity contribution in [3.8, 4) is 11.3 Å². The minimum absolute atomic E-state index is 0.0515. The summed E-state index contributed by atoms with van der Waals surface area (Å²) < 4.78 is 67.1. The lowest BCUT2D eigenvalue weighted by Crippen LogP contribution is -2.40. The lowest BCUT2D eigenvalue weighted by Gasteiger charge is -2.33. The van der Waals surface area contributed by atoms with Crippen molar-refractivity contribution in [1.82, 2.24) is 24.0 Å². The number of likely N-dealkylation sites (tertiary alicyclic amines) is 1. The third-order valence-corrected chi connectivity index (χ3v) is 10.1. The number of benzene rings is 2. The van der Waals surface area contributed by atoms with Crippen molar-refractivity contribution < 1.29 is 36.6 Å². The highest BCUT2D eigenvalue weighted by atomic mass is 32.2. The fourth-order valence-corrected chi connectivity index (χ4v) is 7.33. The van der Waals surface area contributed by atoms with E-state index in [0.29, 0.717) is 29.8 Å². The highest BCUT2D eigenvalue weighted by Crippen LogP contribution is 2.36. The summed E-state index contributed by atoms with van der Waals surface area (Å²) >= 11 is 0. The minimum Gasteiger partial charge on any atom is -0.478 e. The Hall–Kier alpha value is -3.72. The van der Waals surface area contributed by atoms with Gasteiger partial charge in [-0.3, -0.25) is 4.68 Å². The molecule has 14 heteroatoms. The van der Waals surface area contributed by atoms with Crippen LogP contribution in [0.5, 0.6) is 0 Å². The van der Waals surface area contributed by atoms with Crippen LogP contribution in [0.3, 0.4) is 0 Å². The number of halogens is 3. The van der Waals surface area contributed by atoms with E-state index < -0.39 is 33.8 Å². The number of H-pyrrole nitrogens is 1. The van der Waals surface area contributed by atoms with E-state index in [-0.39, 0.29) is 31.1 Å². The summed E-state index contributed by atoms with van der Waals surface area (Å²) in [6.07, 6.45) is -0.152. The number of aliphatic hydroxyl groups excluding tert-OH is 1. The molecule has 1 saturated heterocycles. The van der Waals surface area contributed by atoms with Crippen molar-refractivity contribution in [3.05, 3.63) is 76.6 Å². The van der Waals surface area contributed by atoms with Gasteiger partial charge in [0.25, 0.3) is 0 Å². The number of aromatic nitrogens is 3. The van der Waals surface area contributed by atoms with Crippen LogP contribution in [0.4, 0.5) is 13.2 Å². The van der Waals surface area contributed by atoms with E-state index in [1.54, 1.807) is 22.9 Å². The molecule has 0 amide bonds. The number of nitrogens with zero attached hydrogens (tertiary/aromatic N) is 4. The standard InChI is InChI=1S/C31H34F3N5O5S/c1-45(43,44)38-13-10-28-26(18-38)29(20-2-5-22(6-3-20)31(32,33)34)36-39(28)17-23(40)16-37-11-8-19(9-12-37)25-15-35-27-7-4-21(30(41)42)14-24(25)27/h2-7,14-15,19,23,35,40H,8-13,16-18H2,1H3,(H,41,42). The summed E-state index contributed by atoms with van der Waals surface area (Å²) in [6, 6.07) is 9.72. The second kappa shape index (κ2) is 11.9. The smallest absolute Gasteiger partial charge is 0.416 e. The largest absolute Gasteiger partial charge is 0.478 e. The van der Waals surface area contributed by atoms with Crippen LogP contribution in [0.2, 0.25) is 0 Å². The van der Waals surface area contributed by atoms with Crippen molar-refractivity contribution in [2.24, 2.45) is 0 Å². The molecule has 1 atom stereocenters. The van der Waals surface area contributed by atoms with Gasteiger partial charge in [0.05, 0.1) is 35.7 Å². The Balaban J connectivity index is 1.16. The van der Waals surface area contributed by atoms with E-state index in [0.717, 1.165) is 66.5 Å². The molecule has 45 heavy (non-hydrogen) atoms. The van der Waals surface area contributed by atoms with E-state index in [4.69, 9.17) is 0 Å². The van der Waals surface area contributed by atoms with Crippen molar-refractivity contribution in [2.75, 3.05) is 32.4 Å². The van der Waals surface area contributed by atoms with Crippen LogP contribution in [0.15, 0.2) is 48.7 Å². The number of carboxylic acid groups (broad SMARTS) is 1. The topological polar surface area (TPSA) is 132 Å². The molecule has 0 bridgehead atoms. The molecule has 3 N–H and O–H groups in total. The molecule has 4 heterocycles. The van der Waals surface area contributed by atoms with Gasteiger partial charge in [-0.2, -0.15) is 22.6 Å². The maximum atomic E-state index is 13.2. The third kappa shape index (κ3) is 6.50. The van der Waals surface area contributed by atoms with Gasteiger partial charge in [-0.05, 0) is 67.7 Å². The molecule has 0 radical (unpaired) electrons. The van der Waals surface area contributed by atoms with Gasteiger partial charge in [-0.25, -0.2) is 13.2 Å². The Kier molecular flexibility index (Phi) is 8.27. The zero-order valence-corrected chi connectivity index (χ0v) is 25.4. The summed E-state index contributed by atoms with van der Waals surface area (Å²) in [7, 11) is -3.50. The predicted molar refractivity (Wildman–Crippen MR) is 161 cm³/mol. The monoisotopic (exact) mass is 645 g/mol. The molecular formula is C31H34F3N5O5S. The van der Waals surface area contributed by atoms with E-state index in [2.05, 4.69) is 15.0 Å². The number of aromatic carboxylic acids is 1. The Labute approximate surface area is 258 Å². The van der Waals surface area contributed by atoms with Crippen LogP contribution in [-0.4, -0.2) is 87.1 Å². The first-order chi connectivity index (χ1) is 21.3. The molecule has 10 nitrogen and oxygen atoms in total. The molecule has 2 aliphatic rings. The van der Waals surface area contributed by atoms with Gasteiger partial charge < -0.3 is 20.1 Å². The number of hydrogen-bond acceptors (Lipinski definition) is 6. The first-order valence-electron chi connectivity index (χ1n) is 14.7. The maximum Gasteiger partial charge on any atom is 0.416 e. The molecule has 0 spiro atoms. The number of piperidine rings is 1. The SMILES string of the molecule is CS(=O)(=O)N1CCc2c(c(-c3ccc(C(F)(F)F)cc3)nn2CC(O)CN2CCC(c3c[nH]c4ccc(C(=O)O)cc34)CC2)C1. The summed E-state index contributed by atoms with van der Waals surface area (Å²) in [5.74, 6) is -0.719. The van der Waals surface area contributed by atoms with Gasteiger partial charge in [0.2, 0.25) is 10.0 Å². The molecule has 2 aliphatic heterocycles. The van der Waals surface area contributed by atoms with Crippen LogP contribution >= 0.6 is 0 Å². The van der Waals surface area contributed by atoms with Crippen molar-refractivity contribution in [1.29, 1.82) is 0 Å². The fourth-order valence-electron chi connectivity index (χ4n) is 6.54. The van der Waals surface area contributed by atoms with Crippen LogP contribution < -0.4 is 0 Å². The second-order valence-corrected chi connectivity index (χ2v) is 13.9. The average Bonchev–Trinajstić information content (AvgIpc) is 3.57. The van der Waals surface area contributed by atoms with E-state index in [1.807, 2.05) is 6.20 Å². The molecule has 2 aromatic heterocycles. The number of β-amino-alcohol motifs (C(OH)–C–C–N with tert-alkyl or cyclic N) is 1. The van der Waals surface area contributed by atoms with E-state index in [1.165, 1.54) is 16.4 Å². The number of rotatable bonds is 8. The normalized spacial score (nSPS) is 17.9. The highest BCUT2D eigenvalue weighted by Gasteiger charge is 2.33. The van der Waals surface area contributed by atoms with Crippen molar-refractivity contribution >= 4 is 26.9 Å². The molecule has 0 saturated carbocycles. The zero-order chi connectivity index (χ0) is 32.1. The van der Waals surface area contributed by atoms with Crippen LogP contribution in [0.25, 0.3) is 22.2 Å². The number of aliphatic hydroxyl groups is 1. The Morgan fingerprint density at radius 3 is 2.44 bits per heavy atom. The number of hydrogen-bond donors (Lipinski definition) is 3. The molecule has 1 fully saturated rings. The summed E-state index contributed by atoms with van der Waals surface area (Å²) in [4.78, 5) is 16.9. The van der Waals surface area contributed by atoms with Crippen LogP contribution in [0.1, 0.15) is 51.5 Å². The predicted octanol–water partition coefficient (Wildman–Crippen LogP) is 4.31. The molecule has 0 aliphatic carbocycles. The lowest BCUT2D eigenvalue weighted by atomic mass is 9.89. The van der Waals surface area contributed by atoms with Crippen LogP contribution in [-0.2, 0) is 35.7 Å². The molecule has 4 aromatic rings. The second-order valence-electron chi connectivity index (χ2n) is 11.9. The molecule has 240 valence electrons. The fraction of sp³-hybridized carbons (Fsp3) is 0.419.